The highest BCUT2D eigenvalue weighted by Gasteiger charge is 2.32. The lowest BCUT2D eigenvalue weighted by Gasteiger charge is -2.18. The number of rotatable bonds is 4. The molecule has 0 aliphatic heterocycles. The Morgan fingerprint density at radius 1 is 1.05 bits per heavy atom. The van der Waals surface area contributed by atoms with E-state index < -0.39 is 0 Å². The van der Waals surface area contributed by atoms with E-state index in [1.165, 1.54) is 34.2 Å². The van der Waals surface area contributed by atoms with Crippen LogP contribution in [0.3, 0.4) is 0 Å². The van der Waals surface area contributed by atoms with E-state index in [0.717, 1.165) is 10.4 Å². The summed E-state index contributed by atoms with van der Waals surface area (Å²) in [4.78, 5) is 1.45. The van der Waals surface area contributed by atoms with Gasteiger partial charge in [-0.2, -0.15) is 0 Å². The first-order valence-electron chi connectivity index (χ1n) is 7.29. The van der Waals surface area contributed by atoms with Crippen molar-refractivity contribution >= 4 is 43.7 Å². The number of hydrogen-bond acceptors (Lipinski definition) is 2. The van der Waals surface area contributed by atoms with E-state index in [0.29, 0.717) is 6.04 Å². The van der Waals surface area contributed by atoms with Crippen molar-refractivity contribution in [3.05, 3.63) is 63.3 Å². The largest absolute Gasteiger partial charge is 0.377 e. The van der Waals surface area contributed by atoms with Crippen molar-refractivity contribution in [3.8, 4) is 0 Å². The fourth-order valence-corrected chi connectivity index (χ4v) is 4.05. The first-order chi connectivity index (χ1) is 10.3. The molecule has 3 heteroatoms. The van der Waals surface area contributed by atoms with Crippen LogP contribution in [0.15, 0.2) is 58.4 Å². The molecule has 0 spiro atoms. The highest BCUT2D eigenvalue weighted by Crippen LogP contribution is 2.44. The van der Waals surface area contributed by atoms with Crippen LogP contribution in [-0.4, -0.2) is 0 Å². The maximum absolute atomic E-state index is 3.75. The van der Waals surface area contributed by atoms with E-state index >= 15 is 0 Å². The van der Waals surface area contributed by atoms with Gasteiger partial charge in [0.05, 0.1) is 6.04 Å². The lowest BCUT2D eigenvalue weighted by molar-refractivity contribution is 0.691. The molecule has 1 unspecified atom stereocenters. The third-order valence-corrected chi connectivity index (χ3v) is 5.52. The molecule has 1 N–H and O–H groups in total. The molecule has 1 fully saturated rings. The van der Waals surface area contributed by atoms with E-state index in [4.69, 9.17) is 0 Å². The van der Waals surface area contributed by atoms with Gasteiger partial charge in [0.15, 0.2) is 0 Å². The second-order valence-electron chi connectivity index (χ2n) is 5.68. The van der Waals surface area contributed by atoms with E-state index in [1.807, 2.05) is 11.3 Å². The zero-order valence-corrected chi connectivity index (χ0v) is 14.0. The Bertz CT molecular complexity index is 762. The molecular formula is C18H16BrNS. The lowest BCUT2D eigenvalue weighted by atomic mass is 10.1. The Kier molecular flexibility index (Phi) is 3.48. The number of nitrogens with one attached hydrogen (secondary N) is 1. The molecule has 1 nitrogen and oxygen atoms in total. The smallest absolute Gasteiger partial charge is 0.0634 e. The topological polar surface area (TPSA) is 12.0 Å². The van der Waals surface area contributed by atoms with Gasteiger partial charge in [-0.05, 0) is 65.2 Å². The molecule has 0 amide bonds. The summed E-state index contributed by atoms with van der Waals surface area (Å²) in [7, 11) is 0. The van der Waals surface area contributed by atoms with Gasteiger partial charge in [-0.3, -0.25) is 0 Å². The van der Waals surface area contributed by atoms with Crippen LogP contribution in [0.25, 0.3) is 10.8 Å². The van der Waals surface area contributed by atoms with Crippen molar-refractivity contribution < 1.29 is 0 Å². The van der Waals surface area contributed by atoms with E-state index in [-0.39, 0.29) is 0 Å². The molecule has 0 bridgehead atoms. The van der Waals surface area contributed by atoms with Crippen LogP contribution in [0.1, 0.15) is 23.8 Å². The number of halogens is 1. The molecule has 4 rings (SSSR count). The minimum atomic E-state index is 0.470. The molecule has 1 aliphatic carbocycles. The lowest BCUT2D eigenvalue weighted by Crippen LogP contribution is -2.11. The van der Waals surface area contributed by atoms with Crippen LogP contribution in [-0.2, 0) is 0 Å². The number of hydrogen-bond donors (Lipinski definition) is 1. The van der Waals surface area contributed by atoms with Crippen molar-refractivity contribution in [2.75, 3.05) is 5.32 Å². The highest BCUT2D eigenvalue weighted by atomic mass is 79.9. The van der Waals surface area contributed by atoms with Crippen molar-refractivity contribution in [2.45, 2.75) is 18.9 Å². The normalized spacial score (nSPS) is 16.0. The first-order valence-corrected chi connectivity index (χ1v) is 8.96. The van der Waals surface area contributed by atoms with Gasteiger partial charge >= 0.3 is 0 Å². The van der Waals surface area contributed by atoms with Crippen LogP contribution in [0.2, 0.25) is 0 Å². The minimum absolute atomic E-state index is 0.470. The van der Waals surface area contributed by atoms with Gasteiger partial charge in [0, 0.05) is 15.0 Å². The fourth-order valence-electron chi connectivity index (χ4n) is 2.81. The van der Waals surface area contributed by atoms with Crippen molar-refractivity contribution in [2.24, 2.45) is 5.92 Å². The predicted molar refractivity (Wildman–Crippen MR) is 95.1 cm³/mol. The Balaban J connectivity index is 1.65. The molecule has 1 atom stereocenters. The van der Waals surface area contributed by atoms with Gasteiger partial charge < -0.3 is 5.32 Å². The zero-order valence-electron chi connectivity index (χ0n) is 11.6. The molecule has 2 aromatic carbocycles. The summed E-state index contributed by atoms with van der Waals surface area (Å²) in [6, 6.07) is 17.9. The average Bonchev–Trinajstić information content (AvgIpc) is 3.19. The van der Waals surface area contributed by atoms with Crippen LogP contribution in [0.4, 0.5) is 5.69 Å². The molecule has 1 heterocycles. The average molecular weight is 358 g/mol. The molecule has 106 valence electrons. The number of benzene rings is 2. The second kappa shape index (κ2) is 5.47. The van der Waals surface area contributed by atoms with E-state index in [1.54, 1.807) is 0 Å². The Labute approximate surface area is 137 Å². The van der Waals surface area contributed by atoms with Crippen LogP contribution < -0.4 is 5.32 Å². The maximum Gasteiger partial charge on any atom is 0.0634 e. The molecule has 0 radical (unpaired) electrons. The first kappa shape index (κ1) is 13.4. The Hall–Kier alpha value is -1.32. The molecule has 1 aliphatic rings. The predicted octanol–water partition coefficient (Wildman–Crippen LogP) is 6.23. The standard InChI is InChI=1S/C18H16BrNS/c19-15-7-5-14-11-16(8-6-13(14)10-15)20-18(12-3-4-12)17-2-1-9-21-17/h1-2,5-12,18,20H,3-4H2. The fraction of sp³-hybridized carbons (Fsp3) is 0.222. The second-order valence-corrected chi connectivity index (χ2v) is 7.58. The molecule has 21 heavy (non-hydrogen) atoms. The molecule has 3 aromatic rings. The summed E-state index contributed by atoms with van der Waals surface area (Å²) in [5.74, 6) is 0.796. The number of fused-ring (bicyclic) bond motifs is 1. The van der Waals surface area contributed by atoms with Gasteiger partial charge in [-0.1, -0.05) is 34.1 Å². The van der Waals surface area contributed by atoms with Crippen LogP contribution >= 0.6 is 27.3 Å². The quantitative estimate of drug-likeness (QED) is 0.583. The Morgan fingerprint density at radius 3 is 2.62 bits per heavy atom. The maximum atomic E-state index is 3.75. The summed E-state index contributed by atoms with van der Waals surface area (Å²) in [6.07, 6.45) is 2.69. The highest BCUT2D eigenvalue weighted by molar-refractivity contribution is 9.10. The van der Waals surface area contributed by atoms with Crippen molar-refractivity contribution in [1.29, 1.82) is 0 Å². The summed E-state index contributed by atoms with van der Waals surface area (Å²) in [6.45, 7) is 0. The summed E-state index contributed by atoms with van der Waals surface area (Å²) in [5.41, 5.74) is 1.22. The zero-order chi connectivity index (χ0) is 14.2. The van der Waals surface area contributed by atoms with Crippen molar-refractivity contribution in [3.63, 3.8) is 0 Å². The van der Waals surface area contributed by atoms with Crippen LogP contribution in [0.5, 0.6) is 0 Å². The van der Waals surface area contributed by atoms with E-state index in [2.05, 4.69) is 75.2 Å². The van der Waals surface area contributed by atoms with E-state index in [9.17, 15) is 0 Å². The third kappa shape index (κ3) is 2.85. The molecular weight excluding hydrogens is 342 g/mol. The number of thiophene rings is 1. The minimum Gasteiger partial charge on any atom is -0.377 e. The van der Waals surface area contributed by atoms with Crippen LogP contribution in [0, 0.1) is 5.92 Å². The number of anilines is 1. The summed E-state index contributed by atoms with van der Waals surface area (Å²) < 4.78 is 1.13. The summed E-state index contributed by atoms with van der Waals surface area (Å²) >= 11 is 5.39. The van der Waals surface area contributed by atoms with Gasteiger partial charge in [-0.15, -0.1) is 11.3 Å². The monoisotopic (exact) mass is 357 g/mol. The molecule has 1 saturated carbocycles. The molecule has 0 saturated heterocycles. The van der Waals surface area contributed by atoms with Gasteiger partial charge in [0.2, 0.25) is 0 Å². The van der Waals surface area contributed by atoms with Crippen molar-refractivity contribution in [1.82, 2.24) is 0 Å². The SMILES string of the molecule is Brc1ccc2cc(NC(c3cccs3)C3CC3)ccc2c1. The van der Waals surface area contributed by atoms with Gasteiger partial charge in [-0.25, -0.2) is 0 Å². The van der Waals surface area contributed by atoms with Gasteiger partial charge in [0.25, 0.3) is 0 Å². The molecule has 1 aromatic heterocycles. The van der Waals surface area contributed by atoms with Gasteiger partial charge in [0.1, 0.15) is 0 Å². The third-order valence-electron chi connectivity index (χ3n) is 4.07. The Morgan fingerprint density at radius 2 is 1.86 bits per heavy atom. The summed E-state index contributed by atoms with van der Waals surface area (Å²) in [5, 5.41) is 8.47.